The zero-order valence-electron chi connectivity index (χ0n) is 2.79. The van der Waals surface area contributed by atoms with Crippen LogP contribution in [0.3, 0.4) is 0 Å². The minimum absolute atomic E-state index is 0. The first kappa shape index (κ1) is 15.9. The third-order valence-electron chi connectivity index (χ3n) is 0. The van der Waals surface area contributed by atoms with Gasteiger partial charge in [0.25, 0.3) is 0 Å². The first-order valence-electron chi connectivity index (χ1n) is 0.894. The van der Waals surface area contributed by atoms with Gasteiger partial charge in [-0.3, -0.25) is 0 Å². The Labute approximate surface area is 78.8 Å². The largest absolute Gasteiger partial charge is 0 e. The molecule has 0 heterocycles. The van der Waals surface area contributed by atoms with E-state index in [-0.39, 0.29) is 51.3 Å². The van der Waals surface area contributed by atoms with Crippen LogP contribution in [0.5, 0.6) is 0 Å². The van der Waals surface area contributed by atoms with Crippen molar-refractivity contribution in [3.63, 3.8) is 0 Å². The molecule has 0 aliphatic heterocycles. The van der Waals surface area contributed by atoms with Crippen LogP contribution in [-0.4, -0.2) is 57.8 Å². The summed E-state index contributed by atoms with van der Waals surface area (Å²) in [7, 11) is -4.61. The van der Waals surface area contributed by atoms with Crippen molar-refractivity contribution < 1.29 is 40.9 Å². The predicted molar refractivity (Wildman–Crippen MR) is 21.8 cm³/mol. The van der Waals surface area contributed by atoms with E-state index in [1.165, 1.54) is 0 Å². The second-order valence-corrected chi connectivity index (χ2v) is 1.80. The van der Waals surface area contributed by atoms with E-state index < -0.39 is 9.05 Å². The van der Waals surface area contributed by atoms with Crippen LogP contribution >= 0.6 is 0 Å². The van der Waals surface area contributed by atoms with Gasteiger partial charge in [0, 0.05) is 21.7 Å². The third-order valence-corrected chi connectivity index (χ3v) is 0. The molecule has 0 atom stereocenters. The van der Waals surface area contributed by atoms with Crippen LogP contribution in [0.1, 0.15) is 0 Å². The molecule has 38 valence electrons. The summed E-state index contributed by atoms with van der Waals surface area (Å²) < 4.78 is 0. The van der Waals surface area contributed by atoms with Gasteiger partial charge in [-0.1, -0.05) is 0 Å². The van der Waals surface area contributed by atoms with E-state index in [1.807, 2.05) is 0 Å². The van der Waals surface area contributed by atoms with Gasteiger partial charge in [0.2, 0.25) is 0 Å². The molecule has 0 rings (SSSR count). The molecule has 0 unspecified atom stereocenters. The molecule has 0 aliphatic rings. The van der Waals surface area contributed by atoms with E-state index >= 15 is 0 Å². The quantitative estimate of drug-likeness (QED) is 0.286. The maximum Gasteiger partial charge on any atom is 0 e. The Balaban J connectivity index is -0.0000000800. The van der Waals surface area contributed by atoms with Crippen molar-refractivity contribution in [3.8, 4) is 0 Å². The minimum Gasteiger partial charge on any atom is 0 e. The Morgan fingerprint density at radius 3 is 0.857 bits per heavy atom. The topological polar surface area (TPSA) is 80.9 Å². The van der Waals surface area contributed by atoms with E-state index in [2.05, 4.69) is 0 Å². The second-order valence-electron chi connectivity index (χ2n) is 0.600. The molecule has 0 aromatic carbocycles. The molecule has 4 N–H and O–H groups in total. The van der Waals surface area contributed by atoms with Crippen LogP contribution in [-0.2, 0) is 21.7 Å². The zero-order valence-corrected chi connectivity index (χ0v) is 5.35. The fraction of sp³-hybridized carbons (Fsp3) is 0. The molecule has 0 bridgehead atoms. The van der Waals surface area contributed by atoms with E-state index in [0.717, 1.165) is 0 Å². The van der Waals surface area contributed by atoms with Crippen molar-refractivity contribution in [2.75, 3.05) is 0 Å². The van der Waals surface area contributed by atoms with Crippen molar-refractivity contribution >= 4 is 38.6 Å². The van der Waals surface area contributed by atoms with Crippen molar-refractivity contribution in [1.29, 1.82) is 0 Å². The molecular weight excluding hydrogens is 163 g/mol. The van der Waals surface area contributed by atoms with Crippen LogP contribution < -0.4 is 0 Å². The molecule has 0 saturated heterocycles. The maximum atomic E-state index is 7.33. The van der Waals surface area contributed by atoms with E-state index in [4.69, 9.17) is 19.2 Å². The van der Waals surface area contributed by atoms with Crippen molar-refractivity contribution in [1.82, 2.24) is 0 Å². The molecule has 0 fully saturated rings. The summed E-state index contributed by atoms with van der Waals surface area (Å²) in [6, 6.07) is 0. The van der Waals surface area contributed by atoms with Crippen LogP contribution in [0.15, 0.2) is 0 Å². The molecule has 0 aromatic heterocycles. The summed E-state index contributed by atoms with van der Waals surface area (Å²) in [5.74, 6) is 0. The summed E-state index contributed by atoms with van der Waals surface area (Å²) in [4.78, 5) is 29.3. The van der Waals surface area contributed by atoms with Gasteiger partial charge in [0.1, 0.15) is 0 Å². The predicted octanol–water partition coefficient (Wildman–Crippen LogP) is -3.26. The summed E-state index contributed by atoms with van der Waals surface area (Å²) in [6.07, 6.45) is 0. The second kappa shape index (κ2) is 5.90. The van der Waals surface area contributed by atoms with Gasteiger partial charge in [-0.25, -0.2) is 0 Å². The summed E-state index contributed by atoms with van der Waals surface area (Å²) in [5.41, 5.74) is 0. The molecule has 0 radical (unpaired) electrons. The molecule has 4 nitrogen and oxygen atoms in total. The van der Waals surface area contributed by atoms with E-state index in [1.54, 1.807) is 0 Å². The Kier molecular flexibility index (Phi) is 13.4. The molecule has 0 saturated carbocycles. The zero-order chi connectivity index (χ0) is 4.50. The van der Waals surface area contributed by atoms with E-state index in [0.29, 0.717) is 0 Å². The van der Waals surface area contributed by atoms with Crippen molar-refractivity contribution in [2.24, 2.45) is 0 Å². The Morgan fingerprint density at radius 2 is 0.857 bits per heavy atom. The van der Waals surface area contributed by atoms with Crippen LogP contribution in [0.25, 0.3) is 0 Å². The van der Waals surface area contributed by atoms with Gasteiger partial charge in [-0.15, -0.1) is 0 Å². The first-order valence-corrected chi connectivity index (χ1v) is 2.68. The van der Waals surface area contributed by atoms with Gasteiger partial charge in [-0.05, 0) is 0 Å². The molecular formula is H5NaO4SiTi. The molecule has 7 heteroatoms. The normalized spacial score (nSPS) is 8.57. The Morgan fingerprint density at radius 1 is 0.857 bits per heavy atom. The fourth-order valence-corrected chi connectivity index (χ4v) is 0. The van der Waals surface area contributed by atoms with Gasteiger partial charge < -0.3 is 19.2 Å². The van der Waals surface area contributed by atoms with Crippen molar-refractivity contribution in [2.45, 2.75) is 0 Å². The molecule has 0 aromatic rings. The third kappa shape index (κ3) is 82.5. The van der Waals surface area contributed by atoms with Gasteiger partial charge in [0.05, 0.1) is 0 Å². The maximum absolute atomic E-state index is 7.33. The van der Waals surface area contributed by atoms with Gasteiger partial charge in [0.15, 0.2) is 0 Å². The first-order chi connectivity index (χ1) is 2.00. The number of hydrogen-bond acceptors (Lipinski definition) is 4. The molecule has 0 amide bonds. The van der Waals surface area contributed by atoms with Gasteiger partial charge >= 0.3 is 38.6 Å². The molecule has 7 heavy (non-hydrogen) atoms. The molecule has 0 spiro atoms. The van der Waals surface area contributed by atoms with Crippen molar-refractivity contribution in [3.05, 3.63) is 0 Å². The standard InChI is InChI=1S/Na.H4O4Si.Ti.H/c;1-5(2,3)4;;/h;1-4H;;. The average molecular weight is 168 g/mol. The molecule has 0 aliphatic carbocycles. The van der Waals surface area contributed by atoms with Crippen LogP contribution in [0.4, 0.5) is 0 Å². The minimum atomic E-state index is -4.61. The summed E-state index contributed by atoms with van der Waals surface area (Å²) >= 11 is 0. The summed E-state index contributed by atoms with van der Waals surface area (Å²) in [6.45, 7) is 0. The van der Waals surface area contributed by atoms with Crippen LogP contribution in [0.2, 0.25) is 0 Å². The number of hydrogen-bond donors (Lipinski definition) is 4. The van der Waals surface area contributed by atoms with E-state index in [9.17, 15) is 0 Å². The summed E-state index contributed by atoms with van der Waals surface area (Å²) in [5, 5.41) is 0. The SMILES string of the molecule is O[Si](O)(O)O.[NaH].[Ti]. The average Bonchev–Trinajstić information content (AvgIpc) is 0.722. The monoisotopic (exact) mass is 168 g/mol. The Hall–Kier alpha value is 1.77. The van der Waals surface area contributed by atoms with Crippen LogP contribution in [0, 0.1) is 0 Å². The smallest absolute Gasteiger partial charge is 0 e. The number of rotatable bonds is 0. The fourth-order valence-electron chi connectivity index (χ4n) is 0. The van der Waals surface area contributed by atoms with Gasteiger partial charge in [-0.2, -0.15) is 0 Å². The Bertz CT molecular complexity index is 27.2.